The zero-order chi connectivity index (χ0) is 14.3. The summed E-state index contributed by atoms with van der Waals surface area (Å²) in [6, 6.07) is 6.22. The minimum Gasteiger partial charge on any atom is -0.383 e. The Morgan fingerprint density at radius 2 is 2.15 bits per heavy atom. The Labute approximate surface area is 124 Å². The highest BCUT2D eigenvalue weighted by Gasteiger charge is 2.22. The molecule has 1 aromatic carbocycles. The number of hydrogen-bond donors (Lipinski definition) is 2. The number of aliphatic hydroxyl groups excluding tert-OH is 1. The minimum absolute atomic E-state index is 0.116. The highest BCUT2D eigenvalue weighted by molar-refractivity contribution is 7.16. The van der Waals surface area contributed by atoms with Crippen molar-refractivity contribution in [2.75, 3.05) is 5.32 Å². The summed E-state index contributed by atoms with van der Waals surface area (Å²) in [5, 5.41) is 12.9. The first-order chi connectivity index (χ1) is 9.54. The maximum atomic E-state index is 14.1. The molecule has 20 heavy (non-hydrogen) atoms. The number of rotatable bonds is 2. The molecule has 1 atom stereocenters. The van der Waals surface area contributed by atoms with Crippen LogP contribution in [0.15, 0.2) is 24.3 Å². The first-order valence-corrected chi connectivity index (χ1v) is 7.29. The van der Waals surface area contributed by atoms with Crippen LogP contribution in [0.5, 0.6) is 0 Å². The Morgan fingerprint density at radius 1 is 1.35 bits per heavy atom. The van der Waals surface area contributed by atoms with Crippen LogP contribution in [0.3, 0.4) is 0 Å². The monoisotopic (exact) mass is 311 g/mol. The molecule has 0 bridgehead atoms. The normalized spacial score (nSPS) is 15.7. The molecule has 0 radical (unpaired) electrons. The van der Waals surface area contributed by atoms with Gasteiger partial charge in [-0.25, -0.2) is 4.39 Å². The molecule has 0 saturated carbocycles. The molecule has 3 rings (SSSR count). The first-order valence-electron chi connectivity index (χ1n) is 6.10. The lowest BCUT2D eigenvalue weighted by atomic mass is 9.97. The molecule has 1 aromatic heterocycles. The van der Waals surface area contributed by atoms with E-state index in [4.69, 9.17) is 11.6 Å². The van der Waals surface area contributed by atoms with E-state index >= 15 is 0 Å². The summed E-state index contributed by atoms with van der Waals surface area (Å²) in [4.78, 5) is 11.9. The van der Waals surface area contributed by atoms with Gasteiger partial charge in [0.15, 0.2) is 0 Å². The fraction of sp³-hybridized carbons (Fsp3) is 0.214. The van der Waals surface area contributed by atoms with Gasteiger partial charge in [-0.15, -0.1) is 11.3 Å². The summed E-state index contributed by atoms with van der Waals surface area (Å²) < 4.78 is 14.7. The zero-order valence-corrected chi connectivity index (χ0v) is 11.9. The lowest BCUT2D eigenvalue weighted by Gasteiger charge is -2.19. The average Bonchev–Trinajstić information content (AvgIpc) is 2.84. The third-order valence-corrected chi connectivity index (χ3v) is 4.56. The van der Waals surface area contributed by atoms with Crippen molar-refractivity contribution in [3.05, 3.63) is 50.4 Å². The SMILES string of the molecule is O=C1CCc2cc(C(O)c3ccc(Cl)s3)c(F)cc2N1. The highest BCUT2D eigenvalue weighted by Crippen LogP contribution is 2.35. The van der Waals surface area contributed by atoms with E-state index in [9.17, 15) is 14.3 Å². The number of fused-ring (bicyclic) bond motifs is 1. The van der Waals surface area contributed by atoms with E-state index in [0.717, 1.165) is 5.56 Å². The molecule has 6 heteroatoms. The van der Waals surface area contributed by atoms with E-state index in [1.54, 1.807) is 18.2 Å². The van der Waals surface area contributed by atoms with Crippen LogP contribution in [0.1, 0.15) is 28.5 Å². The van der Waals surface area contributed by atoms with Crippen LogP contribution in [-0.4, -0.2) is 11.0 Å². The molecule has 104 valence electrons. The number of hydrogen-bond acceptors (Lipinski definition) is 3. The number of carbonyl (C=O) groups is 1. The number of carbonyl (C=O) groups excluding carboxylic acids is 1. The van der Waals surface area contributed by atoms with Crippen molar-refractivity contribution >= 4 is 34.5 Å². The average molecular weight is 312 g/mol. The second-order valence-electron chi connectivity index (χ2n) is 4.62. The van der Waals surface area contributed by atoms with Gasteiger partial charge in [0.1, 0.15) is 11.9 Å². The Morgan fingerprint density at radius 3 is 2.85 bits per heavy atom. The van der Waals surface area contributed by atoms with Crippen molar-refractivity contribution in [1.82, 2.24) is 0 Å². The van der Waals surface area contributed by atoms with Crippen LogP contribution in [0, 0.1) is 5.82 Å². The third-order valence-electron chi connectivity index (χ3n) is 3.28. The quantitative estimate of drug-likeness (QED) is 0.891. The fourth-order valence-corrected chi connectivity index (χ4v) is 3.33. The lowest BCUT2D eigenvalue weighted by molar-refractivity contribution is -0.116. The molecule has 1 unspecified atom stereocenters. The Hall–Kier alpha value is -1.43. The lowest BCUT2D eigenvalue weighted by Crippen LogP contribution is -2.19. The van der Waals surface area contributed by atoms with Gasteiger partial charge in [0.05, 0.1) is 4.34 Å². The maximum Gasteiger partial charge on any atom is 0.224 e. The molecule has 1 amide bonds. The molecule has 0 fully saturated rings. The van der Waals surface area contributed by atoms with Gasteiger partial charge in [0.2, 0.25) is 5.91 Å². The van der Waals surface area contributed by atoms with Crippen molar-refractivity contribution in [2.24, 2.45) is 0 Å². The van der Waals surface area contributed by atoms with Crippen molar-refractivity contribution in [2.45, 2.75) is 18.9 Å². The smallest absolute Gasteiger partial charge is 0.224 e. The summed E-state index contributed by atoms with van der Waals surface area (Å²) in [7, 11) is 0. The molecule has 2 N–H and O–H groups in total. The van der Waals surface area contributed by atoms with E-state index in [0.29, 0.717) is 27.7 Å². The molecule has 2 aromatic rings. The van der Waals surface area contributed by atoms with Crippen LogP contribution in [0.25, 0.3) is 0 Å². The van der Waals surface area contributed by atoms with Gasteiger partial charge in [0, 0.05) is 22.5 Å². The Balaban J connectivity index is 2.00. The number of aryl methyl sites for hydroxylation is 1. The fourth-order valence-electron chi connectivity index (χ4n) is 2.26. The van der Waals surface area contributed by atoms with Crippen molar-refractivity contribution in [1.29, 1.82) is 0 Å². The zero-order valence-electron chi connectivity index (χ0n) is 10.3. The van der Waals surface area contributed by atoms with Gasteiger partial charge in [0.25, 0.3) is 0 Å². The summed E-state index contributed by atoms with van der Waals surface area (Å²) in [6.07, 6.45) is -0.124. The van der Waals surface area contributed by atoms with Crippen LogP contribution >= 0.6 is 22.9 Å². The number of nitrogens with one attached hydrogen (secondary N) is 1. The molecule has 0 spiro atoms. The van der Waals surface area contributed by atoms with Crippen molar-refractivity contribution in [3.63, 3.8) is 0 Å². The van der Waals surface area contributed by atoms with Gasteiger partial charge >= 0.3 is 0 Å². The van der Waals surface area contributed by atoms with Crippen molar-refractivity contribution in [3.8, 4) is 0 Å². The van der Waals surface area contributed by atoms with E-state index < -0.39 is 11.9 Å². The van der Waals surface area contributed by atoms with Crippen LogP contribution in [0.4, 0.5) is 10.1 Å². The maximum absolute atomic E-state index is 14.1. The van der Waals surface area contributed by atoms with Gasteiger partial charge in [-0.2, -0.15) is 0 Å². The van der Waals surface area contributed by atoms with Crippen LogP contribution < -0.4 is 5.32 Å². The molecule has 0 aliphatic carbocycles. The molecule has 1 aliphatic rings. The van der Waals surface area contributed by atoms with E-state index in [1.807, 2.05) is 0 Å². The molecular formula is C14H11ClFNO2S. The van der Waals surface area contributed by atoms with Crippen LogP contribution in [-0.2, 0) is 11.2 Å². The van der Waals surface area contributed by atoms with E-state index in [1.165, 1.54) is 17.4 Å². The number of amides is 1. The first kappa shape index (κ1) is 13.5. The topological polar surface area (TPSA) is 49.3 Å². The van der Waals surface area contributed by atoms with Gasteiger partial charge in [-0.1, -0.05) is 11.6 Å². The number of thiophene rings is 1. The van der Waals surface area contributed by atoms with E-state index in [-0.39, 0.29) is 11.5 Å². The Kier molecular flexibility index (Phi) is 3.50. The summed E-state index contributed by atoms with van der Waals surface area (Å²) in [5.74, 6) is -0.654. The van der Waals surface area contributed by atoms with E-state index in [2.05, 4.69) is 5.32 Å². The summed E-state index contributed by atoms with van der Waals surface area (Å²) in [6.45, 7) is 0. The van der Waals surface area contributed by atoms with Gasteiger partial charge in [-0.05, 0) is 36.2 Å². The molecule has 2 heterocycles. The second kappa shape index (κ2) is 5.16. The summed E-state index contributed by atoms with van der Waals surface area (Å²) >= 11 is 7.05. The van der Waals surface area contributed by atoms with Crippen LogP contribution in [0.2, 0.25) is 4.34 Å². The van der Waals surface area contributed by atoms with Gasteiger partial charge in [-0.3, -0.25) is 4.79 Å². The largest absolute Gasteiger partial charge is 0.383 e. The standard InChI is InChI=1S/C14H11ClFNO2S/c15-12-3-2-11(20-12)14(19)8-5-7-1-4-13(18)17-10(7)6-9(8)16/h2-3,5-6,14,19H,1,4H2,(H,17,18). The summed E-state index contributed by atoms with van der Waals surface area (Å²) in [5.41, 5.74) is 1.53. The highest BCUT2D eigenvalue weighted by atomic mass is 35.5. The van der Waals surface area contributed by atoms with Gasteiger partial charge < -0.3 is 10.4 Å². The number of aliphatic hydroxyl groups is 1. The number of anilines is 1. The predicted octanol–water partition coefficient (Wildman–Crippen LogP) is 3.51. The molecular weight excluding hydrogens is 301 g/mol. The molecule has 0 saturated heterocycles. The number of halogens is 2. The third kappa shape index (κ3) is 2.44. The molecule has 3 nitrogen and oxygen atoms in total. The van der Waals surface area contributed by atoms with Crippen molar-refractivity contribution < 1.29 is 14.3 Å². The Bertz CT molecular complexity index is 686. The molecule has 1 aliphatic heterocycles. The number of benzene rings is 1. The minimum atomic E-state index is -1.05. The second-order valence-corrected chi connectivity index (χ2v) is 6.37. The predicted molar refractivity (Wildman–Crippen MR) is 76.7 cm³/mol.